The Morgan fingerprint density at radius 1 is 1.50 bits per heavy atom. The molecule has 0 N–H and O–H groups in total. The molecule has 0 aliphatic carbocycles. The fourth-order valence-electron chi connectivity index (χ4n) is 0.580. The molecule has 0 fully saturated rings. The van der Waals surface area contributed by atoms with Gasteiger partial charge < -0.3 is 4.52 Å². The highest BCUT2D eigenvalue weighted by atomic mass is 35.7. The summed E-state index contributed by atoms with van der Waals surface area (Å²) in [7, 11) is 0. The zero-order valence-electron chi connectivity index (χ0n) is 6.47. The first-order valence-electron chi connectivity index (χ1n) is 3.48. The lowest BCUT2D eigenvalue weighted by atomic mass is 10.3. The van der Waals surface area contributed by atoms with Crippen LogP contribution in [0.15, 0.2) is 0 Å². The number of rotatable bonds is 5. The third-order valence-corrected chi connectivity index (χ3v) is 2.32. The molecule has 0 aliphatic heterocycles. The number of unbranched alkanes of at least 4 members (excludes halogenated alkanes) is 2. The van der Waals surface area contributed by atoms with Gasteiger partial charge in [-0.3, -0.25) is 0 Å². The lowest BCUT2D eigenvalue weighted by Gasteiger charge is -2.07. The predicted octanol–water partition coefficient (Wildman–Crippen LogP) is 3.37. The number of halogens is 1. The van der Waals surface area contributed by atoms with E-state index in [0.717, 1.165) is 13.0 Å². The van der Waals surface area contributed by atoms with Gasteiger partial charge in [0.25, 0.3) is 0 Å². The number of hydrogen-bond acceptors (Lipinski definition) is 2. The average Bonchev–Trinajstić information content (AvgIpc) is 1.78. The van der Waals surface area contributed by atoms with Crippen molar-refractivity contribution in [3.8, 4) is 0 Å². The molecule has 0 bridgehead atoms. The molecular weight excluding hydrogens is 187 g/mol. The van der Waals surface area contributed by atoms with Crippen LogP contribution in [0.3, 0.4) is 0 Å². The maximum Gasteiger partial charge on any atom is 0.148 e. The summed E-state index contributed by atoms with van der Waals surface area (Å²) in [6.07, 6.45) is 3.49. The van der Waals surface area contributed by atoms with Gasteiger partial charge in [0.2, 0.25) is 0 Å². The van der Waals surface area contributed by atoms with Crippen molar-refractivity contribution in [2.24, 2.45) is 0 Å². The van der Waals surface area contributed by atoms with Gasteiger partial charge in [-0.1, -0.05) is 42.8 Å². The molecule has 0 aromatic rings. The summed E-state index contributed by atoms with van der Waals surface area (Å²) in [6.45, 7) is 4.67. The maximum atomic E-state index is 5.72. The van der Waals surface area contributed by atoms with Crippen LogP contribution in [0.2, 0.25) is 0 Å². The molecule has 0 saturated carbocycles. The van der Waals surface area contributed by atoms with E-state index in [2.05, 4.69) is 6.92 Å². The molecule has 0 aliphatic rings. The van der Waals surface area contributed by atoms with E-state index >= 15 is 0 Å². The minimum Gasteiger partial charge on any atom is -0.338 e. The fraction of sp³-hybridized carbons (Fsp3) is 1.00. The second-order valence-corrected chi connectivity index (χ2v) is 8.67. The van der Waals surface area contributed by atoms with E-state index in [4.69, 9.17) is 27.6 Å². The molecule has 0 aromatic carbocycles. The van der Waals surface area contributed by atoms with Crippen LogP contribution >= 0.6 is 16.9 Å². The Morgan fingerprint density at radius 2 is 2.10 bits per heavy atom. The van der Waals surface area contributed by atoms with E-state index < -0.39 is 5.62 Å². The van der Waals surface area contributed by atoms with Crippen LogP contribution in [0, 0.1) is 0 Å². The summed E-state index contributed by atoms with van der Waals surface area (Å²) < 4.78 is 5.22. The highest BCUT2D eigenvalue weighted by Crippen LogP contribution is 2.48. The highest BCUT2D eigenvalue weighted by molar-refractivity contribution is 8.24. The quantitative estimate of drug-likeness (QED) is 0.497. The SMILES string of the molecule is CCCCCOP(C)(=S)Cl. The van der Waals surface area contributed by atoms with Crippen molar-refractivity contribution in [3.05, 3.63) is 0 Å². The summed E-state index contributed by atoms with van der Waals surface area (Å²) >= 11 is 10.6. The predicted molar refractivity (Wildman–Crippen MR) is 51.5 cm³/mol. The van der Waals surface area contributed by atoms with Crippen molar-refractivity contribution in [2.45, 2.75) is 26.2 Å². The molecule has 10 heavy (non-hydrogen) atoms. The molecule has 0 spiro atoms. The van der Waals surface area contributed by atoms with Crippen LogP contribution in [0.5, 0.6) is 0 Å². The highest BCUT2D eigenvalue weighted by Gasteiger charge is 2.02. The van der Waals surface area contributed by atoms with E-state index in [-0.39, 0.29) is 0 Å². The van der Waals surface area contributed by atoms with Crippen molar-refractivity contribution in [1.29, 1.82) is 0 Å². The van der Waals surface area contributed by atoms with Crippen LogP contribution in [-0.2, 0) is 16.3 Å². The van der Waals surface area contributed by atoms with E-state index in [1.165, 1.54) is 12.8 Å². The van der Waals surface area contributed by atoms with Crippen molar-refractivity contribution in [2.75, 3.05) is 13.3 Å². The monoisotopic (exact) mass is 200 g/mol. The fourth-order valence-corrected chi connectivity index (χ4v) is 1.47. The molecule has 1 nitrogen and oxygen atoms in total. The van der Waals surface area contributed by atoms with E-state index in [0.29, 0.717) is 0 Å². The minimum atomic E-state index is -1.90. The van der Waals surface area contributed by atoms with E-state index in [9.17, 15) is 0 Å². The van der Waals surface area contributed by atoms with Gasteiger partial charge in [-0.2, -0.15) is 0 Å². The molecule has 62 valence electrons. The second kappa shape index (κ2) is 5.54. The van der Waals surface area contributed by atoms with Gasteiger partial charge in [0.15, 0.2) is 0 Å². The molecule has 1 unspecified atom stereocenters. The van der Waals surface area contributed by atoms with Gasteiger partial charge in [-0.15, -0.1) is 0 Å². The van der Waals surface area contributed by atoms with Gasteiger partial charge >= 0.3 is 0 Å². The van der Waals surface area contributed by atoms with Gasteiger partial charge in [0.05, 0.1) is 6.61 Å². The normalized spacial score (nSPS) is 16.7. The molecule has 4 heteroatoms. The largest absolute Gasteiger partial charge is 0.338 e. The Hall–Kier alpha value is 0.900. The van der Waals surface area contributed by atoms with Crippen molar-refractivity contribution in [1.82, 2.24) is 0 Å². The van der Waals surface area contributed by atoms with Gasteiger partial charge in [0.1, 0.15) is 5.62 Å². The molecule has 0 heterocycles. The molecule has 0 rings (SSSR count). The first-order valence-corrected chi connectivity index (χ1v) is 7.55. The molecular formula is C6H14ClOPS. The smallest absolute Gasteiger partial charge is 0.148 e. The molecule has 0 amide bonds. The average molecular weight is 201 g/mol. The molecule has 0 aromatic heterocycles. The first kappa shape index (κ1) is 10.9. The van der Waals surface area contributed by atoms with Gasteiger partial charge in [-0.25, -0.2) is 0 Å². The first-order chi connectivity index (χ1) is 4.56. The van der Waals surface area contributed by atoms with Crippen LogP contribution < -0.4 is 0 Å². The molecule has 1 atom stereocenters. The zero-order valence-corrected chi connectivity index (χ0v) is 8.94. The third kappa shape index (κ3) is 8.90. The Kier molecular flexibility index (Phi) is 6.04. The summed E-state index contributed by atoms with van der Waals surface area (Å²) in [4.78, 5) is 0. The summed E-state index contributed by atoms with van der Waals surface area (Å²) in [5.41, 5.74) is -1.90. The minimum absolute atomic E-state index is 0.727. The Morgan fingerprint density at radius 3 is 2.50 bits per heavy atom. The van der Waals surface area contributed by atoms with Crippen LogP contribution in [0.4, 0.5) is 0 Å². The van der Waals surface area contributed by atoms with Crippen molar-refractivity contribution < 1.29 is 4.52 Å². The molecule has 0 saturated heterocycles. The maximum absolute atomic E-state index is 5.72. The van der Waals surface area contributed by atoms with E-state index in [1.807, 2.05) is 0 Å². The van der Waals surface area contributed by atoms with Crippen molar-refractivity contribution >= 4 is 28.7 Å². The lowest BCUT2D eigenvalue weighted by molar-refractivity contribution is 0.345. The summed E-state index contributed by atoms with van der Waals surface area (Å²) in [5.74, 6) is 0. The zero-order chi connectivity index (χ0) is 8.04. The van der Waals surface area contributed by atoms with Gasteiger partial charge in [0, 0.05) is 6.66 Å². The van der Waals surface area contributed by atoms with Gasteiger partial charge in [-0.05, 0) is 6.42 Å². The summed E-state index contributed by atoms with van der Waals surface area (Å²) in [6, 6.07) is 0. The Bertz CT molecular complexity index is 123. The Balaban J connectivity index is 3.13. The van der Waals surface area contributed by atoms with E-state index in [1.54, 1.807) is 6.66 Å². The second-order valence-electron chi connectivity index (χ2n) is 2.29. The lowest BCUT2D eigenvalue weighted by Crippen LogP contribution is -1.87. The van der Waals surface area contributed by atoms with Crippen LogP contribution in [-0.4, -0.2) is 13.3 Å². The summed E-state index contributed by atoms with van der Waals surface area (Å²) in [5, 5.41) is 0. The van der Waals surface area contributed by atoms with Crippen LogP contribution in [0.25, 0.3) is 0 Å². The standard InChI is InChI=1S/C6H14ClOPS/c1-3-4-5-6-8-9(2,7)10/h3-6H2,1-2H3. The number of hydrogen-bond donors (Lipinski definition) is 0. The van der Waals surface area contributed by atoms with Crippen molar-refractivity contribution in [3.63, 3.8) is 0 Å². The topological polar surface area (TPSA) is 9.23 Å². The Labute approximate surface area is 73.0 Å². The van der Waals surface area contributed by atoms with Crippen LogP contribution in [0.1, 0.15) is 26.2 Å². The third-order valence-electron chi connectivity index (χ3n) is 1.07. The molecule has 0 radical (unpaired) electrons.